The van der Waals surface area contributed by atoms with E-state index in [4.69, 9.17) is 15.9 Å². The van der Waals surface area contributed by atoms with Crippen molar-refractivity contribution in [3.8, 4) is 0 Å². The fourth-order valence-corrected chi connectivity index (χ4v) is 2.68. The molecule has 1 atom stereocenters. The third kappa shape index (κ3) is 15.7. The molecule has 1 saturated carbocycles. The minimum atomic E-state index is 0. The molecule has 0 aromatic heterocycles. The molecule has 2 aliphatic carbocycles. The summed E-state index contributed by atoms with van der Waals surface area (Å²) in [4.78, 5) is 0. The van der Waals surface area contributed by atoms with Gasteiger partial charge in [0.1, 0.15) is 0 Å². The summed E-state index contributed by atoms with van der Waals surface area (Å²) in [7, 11) is 2.87. The van der Waals surface area contributed by atoms with Crippen LogP contribution in [0.4, 0.5) is 0 Å². The van der Waals surface area contributed by atoms with Crippen LogP contribution >= 0.6 is 0 Å². The average molecular weight is 417 g/mol. The smallest absolute Gasteiger partial charge is 0.0645 e. The molecular weight excluding hydrogens is 368 g/mol. The Kier molecular flexibility index (Phi) is 31.5. The maximum atomic E-state index is 9.03. The summed E-state index contributed by atoms with van der Waals surface area (Å²) in [6.45, 7) is 14.0. The second-order valence-electron chi connectivity index (χ2n) is 6.00. The highest BCUT2D eigenvalue weighted by Crippen LogP contribution is 2.27. The van der Waals surface area contributed by atoms with Gasteiger partial charge in [-0.05, 0) is 62.5 Å². The van der Waals surface area contributed by atoms with Gasteiger partial charge in [-0.25, -0.2) is 0 Å². The van der Waals surface area contributed by atoms with Gasteiger partial charge in [-0.15, -0.1) is 0 Å². The monoisotopic (exact) mass is 416 g/mol. The molecule has 9 N–H and O–H groups in total. The Labute approximate surface area is 179 Å². The molecule has 2 aliphatic rings. The van der Waals surface area contributed by atoms with E-state index in [2.05, 4.69) is 18.5 Å². The molecule has 0 aromatic rings. The van der Waals surface area contributed by atoms with Crippen LogP contribution in [0, 0.1) is 5.92 Å². The fourth-order valence-electron chi connectivity index (χ4n) is 2.68. The standard InChI is InChI=1S/C11H18N2O.C8H12.C2H6.CH4O.CH4.2H2O/c1-8(6-13-2)10-5-9(7-14)3-4-11(10)12;1-7-5-3-4-6-8(7)2;2*1-2;;;/h3-4,6,10,13-14H,5,7,12H2,1-2H3;1-6H2;1-2H3;2H,1H3;1H4;2*1H2/b8-6+;;;;;;. The van der Waals surface area contributed by atoms with Gasteiger partial charge in [-0.3, -0.25) is 0 Å². The molecule has 1 fully saturated rings. The van der Waals surface area contributed by atoms with Gasteiger partial charge in [0.2, 0.25) is 0 Å². The van der Waals surface area contributed by atoms with Crippen molar-refractivity contribution in [2.24, 2.45) is 11.7 Å². The van der Waals surface area contributed by atoms with Crippen LogP contribution in [-0.4, -0.2) is 41.9 Å². The molecular formula is C23H48N2O4. The molecule has 6 nitrogen and oxygen atoms in total. The molecule has 0 heterocycles. The molecule has 29 heavy (non-hydrogen) atoms. The van der Waals surface area contributed by atoms with Crippen LogP contribution in [0.2, 0.25) is 0 Å². The number of nitrogens with one attached hydrogen (secondary N) is 1. The van der Waals surface area contributed by atoms with Gasteiger partial charge in [0, 0.05) is 25.8 Å². The van der Waals surface area contributed by atoms with E-state index in [1.807, 2.05) is 46.2 Å². The van der Waals surface area contributed by atoms with E-state index >= 15 is 0 Å². The van der Waals surface area contributed by atoms with Crippen molar-refractivity contribution < 1.29 is 21.2 Å². The Balaban J connectivity index is -0.000000111. The van der Waals surface area contributed by atoms with E-state index in [1.165, 1.54) is 42.4 Å². The Morgan fingerprint density at radius 1 is 1.14 bits per heavy atom. The van der Waals surface area contributed by atoms with Crippen LogP contribution in [-0.2, 0) is 0 Å². The van der Waals surface area contributed by atoms with Gasteiger partial charge >= 0.3 is 0 Å². The van der Waals surface area contributed by atoms with Crippen molar-refractivity contribution in [1.29, 1.82) is 0 Å². The minimum absolute atomic E-state index is 0. The second-order valence-corrected chi connectivity index (χ2v) is 6.00. The summed E-state index contributed by atoms with van der Waals surface area (Å²) in [6.07, 6.45) is 11.5. The Morgan fingerprint density at radius 3 is 1.93 bits per heavy atom. The van der Waals surface area contributed by atoms with Crippen LogP contribution < -0.4 is 11.1 Å². The van der Waals surface area contributed by atoms with Crippen molar-refractivity contribution in [3.05, 3.63) is 59.5 Å². The minimum Gasteiger partial charge on any atom is -0.412 e. The van der Waals surface area contributed by atoms with E-state index < -0.39 is 0 Å². The number of rotatable bonds is 3. The topological polar surface area (TPSA) is 142 Å². The first kappa shape index (κ1) is 37.8. The molecule has 1 unspecified atom stereocenters. The molecule has 0 aliphatic heterocycles. The highest BCUT2D eigenvalue weighted by Gasteiger charge is 2.18. The maximum absolute atomic E-state index is 9.03. The van der Waals surface area contributed by atoms with E-state index in [1.54, 1.807) is 0 Å². The largest absolute Gasteiger partial charge is 0.412 e. The quantitative estimate of drug-likeness (QED) is 0.560. The van der Waals surface area contributed by atoms with E-state index in [0.29, 0.717) is 0 Å². The van der Waals surface area contributed by atoms with E-state index in [9.17, 15) is 0 Å². The molecule has 6 heteroatoms. The molecule has 0 spiro atoms. The Hall–Kier alpha value is -1.86. The van der Waals surface area contributed by atoms with Crippen molar-refractivity contribution in [1.82, 2.24) is 5.32 Å². The van der Waals surface area contributed by atoms with Crippen LogP contribution in [0.5, 0.6) is 0 Å². The number of aliphatic hydroxyl groups is 2. The van der Waals surface area contributed by atoms with Gasteiger partial charge in [0.05, 0.1) is 6.61 Å². The zero-order chi connectivity index (χ0) is 20.5. The van der Waals surface area contributed by atoms with E-state index in [0.717, 1.165) is 24.8 Å². The van der Waals surface area contributed by atoms with Crippen LogP contribution in [0.15, 0.2) is 59.5 Å². The number of allylic oxidation sites excluding steroid dienone is 5. The molecule has 0 bridgehead atoms. The van der Waals surface area contributed by atoms with Crippen LogP contribution in [0.3, 0.4) is 0 Å². The fraction of sp³-hybridized carbons (Fsp3) is 0.565. The van der Waals surface area contributed by atoms with Gasteiger partial charge in [0.15, 0.2) is 0 Å². The van der Waals surface area contributed by atoms with Gasteiger partial charge < -0.3 is 32.2 Å². The lowest BCUT2D eigenvalue weighted by atomic mass is 9.87. The highest BCUT2D eigenvalue weighted by atomic mass is 16.3. The average Bonchev–Trinajstić information content (AvgIpc) is 2.68. The van der Waals surface area contributed by atoms with Crippen LogP contribution in [0.1, 0.15) is 60.3 Å². The molecule has 2 rings (SSSR count). The lowest BCUT2D eigenvalue weighted by Gasteiger charge is -2.22. The van der Waals surface area contributed by atoms with Crippen molar-refractivity contribution >= 4 is 0 Å². The number of hydrogen-bond acceptors (Lipinski definition) is 4. The maximum Gasteiger partial charge on any atom is 0.0645 e. The predicted octanol–water partition coefficient (Wildman–Crippen LogP) is 3.19. The number of hydrogen-bond donors (Lipinski definition) is 4. The zero-order valence-electron chi connectivity index (χ0n) is 18.4. The Morgan fingerprint density at radius 2 is 1.59 bits per heavy atom. The predicted molar refractivity (Wildman–Crippen MR) is 129 cm³/mol. The SMILES string of the molecule is C.C=C1CCCCC1=C.CC.CN/C=C(\C)C1CC(CO)=CC=C1N.CO.O.O. The Bertz CT molecular complexity index is 493. The second kappa shape index (κ2) is 24.2. The first-order valence-corrected chi connectivity index (χ1v) is 9.40. The normalized spacial score (nSPS) is 17.3. The third-order valence-corrected chi connectivity index (χ3v) is 4.21. The summed E-state index contributed by atoms with van der Waals surface area (Å²) in [5.74, 6) is 0.231. The lowest BCUT2D eigenvalue weighted by Crippen LogP contribution is -2.18. The summed E-state index contributed by atoms with van der Waals surface area (Å²) in [5.41, 5.74) is 11.5. The summed E-state index contributed by atoms with van der Waals surface area (Å²) in [6, 6.07) is 0. The van der Waals surface area contributed by atoms with Gasteiger partial charge in [0.25, 0.3) is 0 Å². The first-order valence-electron chi connectivity index (χ1n) is 9.40. The highest BCUT2D eigenvalue weighted by molar-refractivity contribution is 5.31. The van der Waals surface area contributed by atoms with Crippen molar-refractivity contribution in [3.63, 3.8) is 0 Å². The molecule has 174 valence electrons. The number of nitrogens with two attached hydrogens (primary N) is 1. The summed E-state index contributed by atoms with van der Waals surface area (Å²) < 4.78 is 0. The van der Waals surface area contributed by atoms with Crippen LogP contribution in [0.25, 0.3) is 0 Å². The number of aliphatic hydroxyl groups excluding tert-OH is 2. The van der Waals surface area contributed by atoms with Crippen molar-refractivity contribution in [2.45, 2.75) is 60.3 Å². The van der Waals surface area contributed by atoms with Gasteiger partial charge in [-0.2, -0.15) is 0 Å². The van der Waals surface area contributed by atoms with Crippen molar-refractivity contribution in [2.75, 3.05) is 20.8 Å². The van der Waals surface area contributed by atoms with E-state index in [-0.39, 0.29) is 30.9 Å². The first-order chi connectivity index (χ1) is 12.5. The molecule has 0 amide bonds. The third-order valence-electron chi connectivity index (χ3n) is 4.21. The zero-order valence-corrected chi connectivity index (χ0v) is 18.4. The molecule has 0 radical (unpaired) electrons. The molecule has 0 aromatic carbocycles. The summed E-state index contributed by atoms with van der Waals surface area (Å²) >= 11 is 0. The van der Waals surface area contributed by atoms with Gasteiger partial charge in [-0.1, -0.05) is 51.7 Å². The molecule has 0 saturated heterocycles. The lowest BCUT2D eigenvalue weighted by molar-refractivity contribution is 0.323. The summed E-state index contributed by atoms with van der Waals surface area (Å²) in [5, 5.41) is 19.0.